The third-order valence-corrected chi connectivity index (χ3v) is 8.26. The van der Waals surface area contributed by atoms with E-state index in [1.807, 2.05) is 72.8 Å². The van der Waals surface area contributed by atoms with Gasteiger partial charge in [-0.15, -0.1) is 0 Å². The van der Waals surface area contributed by atoms with Gasteiger partial charge in [-0.05, 0) is 57.8 Å². The summed E-state index contributed by atoms with van der Waals surface area (Å²) in [5.41, 5.74) is 1.39. The number of anilines is 1. The Kier molecular flexibility index (Phi) is 5.98. The summed E-state index contributed by atoms with van der Waals surface area (Å²) in [6.07, 6.45) is 0. The van der Waals surface area contributed by atoms with Crippen LogP contribution < -0.4 is 14.8 Å². The Labute approximate surface area is 232 Å². The molecule has 1 fully saturated rings. The fourth-order valence-electron chi connectivity index (χ4n) is 6.30. The number of barbiturate groups is 1. The number of methoxy groups -OCH3 is 2. The van der Waals surface area contributed by atoms with Crippen molar-refractivity contribution in [2.24, 2.45) is 5.41 Å². The molecule has 0 aliphatic carbocycles. The van der Waals surface area contributed by atoms with Crippen LogP contribution in [0.3, 0.4) is 0 Å². The molecule has 0 unspecified atom stereocenters. The van der Waals surface area contributed by atoms with E-state index in [1.54, 1.807) is 26.4 Å². The number of carbonyl (C=O) groups excluding carboxylic acids is 3. The SMILES string of the molecule is COc1ccc([C@@H]2c3c(ccc4ccccc34)N[C@H](c3ccc(OC)cc3)C23C(=O)N(C)C(=O)N(C)C3=O)cc1. The van der Waals surface area contributed by atoms with Gasteiger partial charge >= 0.3 is 6.03 Å². The van der Waals surface area contributed by atoms with Crippen molar-refractivity contribution < 1.29 is 23.9 Å². The molecule has 1 saturated heterocycles. The lowest BCUT2D eigenvalue weighted by atomic mass is 9.58. The molecule has 2 aliphatic rings. The molecule has 1 N–H and O–H groups in total. The van der Waals surface area contributed by atoms with E-state index >= 15 is 0 Å². The van der Waals surface area contributed by atoms with E-state index in [1.165, 1.54) is 14.1 Å². The normalized spacial score (nSPS) is 19.9. The van der Waals surface area contributed by atoms with Gasteiger partial charge in [-0.2, -0.15) is 0 Å². The Hall–Kier alpha value is -4.85. The molecule has 2 atom stereocenters. The number of hydrogen-bond donors (Lipinski definition) is 1. The number of benzene rings is 4. The molecular formula is C32H29N3O5. The molecule has 4 aromatic rings. The van der Waals surface area contributed by atoms with Crippen LogP contribution in [-0.4, -0.2) is 56.0 Å². The van der Waals surface area contributed by atoms with Gasteiger partial charge in [0.1, 0.15) is 11.5 Å². The van der Waals surface area contributed by atoms with Gasteiger partial charge in [0.15, 0.2) is 5.41 Å². The Balaban J connectivity index is 1.73. The van der Waals surface area contributed by atoms with Crippen molar-refractivity contribution in [3.63, 3.8) is 0 Å². The lowest BCUT2D eigenvalue weighted by molar-refractivity contribution is -0.160. The zero-order valence-electron chi connectivity index (χ0n) is 22.7. The topological polar surface area (TPSA) is 88.2 Å². The number of urea groups is 1. The summed E-state index contributed by atoms with van der Waals surface area (Å²) >= 11 is 0. The first-order valence-electron chi connectivity index (χ1n) is 13.0. The predicted molar refractivity (Wildman–Crippen MR) is 152 cm³/mol. The summed E-state index contributed by atoms with van der Waals surface area (Å²) in [6.45, 7) is 0. The molecule has 0 radical (unpaired) electrons. The number of nitrogens with one attached hydrogen (secondary N) is 1. The van der Waals surface area contributed by atoms with Crippen LogP contribution in [0, 0.1) is 5.41 Å². The summed E-state index contributed by atoms with van der Waals surface area (Å²) in [5.74, 6) is -0.549. The molecule has 4 amide bonds. The summed E-state index contributed by atoms with van der Waals surface area (Å²) in [7, 11) is 6.04. The van der Waals surface area contributed by atoms with E-state index in [-0.39, 0.29) is 0 Å². The average Bonchev–Trinajstić information content (AvgIpc) is 3.01. The summed E-state index contributed by atoms with van der Waals surface area (Å²) < 4.78 is 10.8. The highest BCUT2D eigenvalue weighted by Crippen LogP contribution is 2.60. The zero-order chi connectivity index (χ0) is 28.2. The number of amides is 4. The maximum atomic E-state index is 14.6. The van der Waals surface area contributed by atoms with Gasteiger partial charge in [0.25, 0.3) is 0 Å². The highest BCUT2D eigenvalue weighted by atomic mass is 16.5. The summed E-state index contributed by atoms with van der Waals surface area (Å²) in [4.78, 5) is 44.4. The minimum absolute atomic E-state index is 0.562. The van der Waals surface area contributed by atoms with Crippen molar-refractivity contribution in [2.75, 3.05) is 33.6 Å². The highest BCUT2D eigenvalue weighted by Gasteiger charge is 2.67. The molecule has 0 bridgehead atoms. The lowest BCUT2D eigenvalue weighted by Crippen LogP contribution is -2.68. The van der Waals surface area contributed by atoms with Crippen LogP contribution in [0.4, 0.5) is 10.5 Å². The number of imide groups is 2. The van der Waals surface area contributed by atoms with Crippen LogP contribution in [0.25, 0.3) is 10.8 Å². The second-order valence-electron chi connectivity index (χ2n) is 10.2. The molecule has 0 saturated carbocycles. The van der Waals surface area contributed by atoms with Crippen molar-refractivity contribution >= 4 is 34.3 Å². The van der Waals surface area contributed by atoms with Crippen LogP contribution in [0.2, 0.25) is 0 Å². The van der Waals surface area contributed by atoms with E-state index < -0.39 is 35.2 Å². The second kappa shape index (κ2) is 9.41. The van der Waals surface area contributed by atoms with Crippen molar-refractivity contribution in [3.05, 3.63) is 102 Å². The van der Waals surface area contributed by atoms with Crippen molar-refractivity contribution in [2.45, 2.75) is 12.0 Å². The average molecular weight is 536 g/mol. The van der Waals surface area contributed by atoms with Crippen molar-refractivity contribution in [1.82, 2.24) is 9.80 Å². The Morgan fingerprint density at radius 2 is 1.25 bits per heavy atom. The standard InChI is InChI=1S/C32H29N3O5/c1-34-29(36)32(30(37)35(2)31(34)38)27(20-9-14-22(39-3)15-10-20)26-24-8-6-5-7-19(24)13-18-25(26)33-28(32)21-11-16-23(40-4)17-12-21/h5-18,27-28,33H,1-4H3/t27-,28-/m1/s1. The van der Waals surface area contributed by atoms with Crippen LogP contribution in [0.1, 0.15) is 28.7 Å². The Morgan fingerprint density at radius 1 is 0.700 bits per heavy atom. The third kappa shape index (κ3) is 3.49. The fourth-order valence-corrected chi connectivity index (χ4v) is 6.30. The van der Waals surface area contributed by atoms with Crippen LogP contribution >= 0.6 is 0 Å². The smallest absolute Gasteiger partial charge is 0.332 e. The molecule has 6 rings (SSSR count). The monoisotopic (exact) mass is 535 g/mol. The molecule has 2 heterocycles. The van der Waals surface area contributed by atoms with Crippen molar-refractivity contribution in [1.29, 1.82) is 0 Å². The van der Waals surface area contributed by atoms with Gasteiger partial charge in [0, 0.05) is 25.7 Å². The minimum atomic E-state index is -1.72. The molecule has 40 heavy (non-hydrogen) atoms. The molecular weight excluding hydrogens is 506 g/mol. The van der Waals surface area contributed by atoms with Crippen molar-refractivity contribution in [3.8, 4) is 11.5 Å². The van der Waals surface area contributed by atoms with E-state index in [0.29, 0.717) is 11.5 Å². The third-order valence-electron chi connectivity index (χ3n) is 8.26. The number of rotatable bonds is 4. The van der Waals surface area contributed by atoms with Crippen LogP contribution in [-0.2, 0) is 9.59 Å². The first kappa shape index (κ1) is 25.4. The number of hydrogen-bond acceptors (Lipinski definition) is 6. The molecule has 0 aromatic heterocycles. The number of ether oxygens (including phenoxy) is 2. The van der Waals surface area contributed by atoms with Gasteiger partial charge < -0.3 is 14.8 Å². The quantitative estimate of drug-likeness (QED) is 0.362. The van der Waals surface area contributed by atoms with Gasteiger partial charge in [-0.25, -0.2) is 4.79 Å². The van der Waals surface area contributed by atoms with E-state index in [0.717, 1.165) is 43.0 Å². The molecule has 202 valence electrons. The summed E-state index contributed by atoms with van der Waals surface area (Å²) in [5, 5.41) is 5.47. The van der Waals surface area contributed by atoms with Gasteiger partial charge in [-0.1, -0.05) is 54.6 Å². The Morgan fingerprint density at radius 3 is 1.82 bits per heavy atom. The van der Waals surface area contributed by atoms with Gasteiger partial charge in [-0.3, -0.25) is 19.4 Å². The lowest BCUT2D eigenvalue weighted by Gasteiger charge is -2.53. The number of nitrogens with zero attached hydrogens (tertiary/aromatic N) is 2. The highest BCUT2D eigenvalue weighted by molar-refractivity contribution is 6.21. The Bertz CT molecular complexity index is 1620. The number of carbonyl (C=O) groups is 3. The predicted octanol–water partition coefficient (Wildman–Crippen LogP) is 5.19. The van der Waals surface area contributed by atoms with E-state index in [9.17, 15) is 14.4 Å². The van der Waals surface area contributed by atoms with Gasteiger partial charge in [0.2, 0.25) is 11.8 Å². The number of fused-ring (bicyclic) bond motifs is 3. The first-order valence-corrected chi connectivity index (χ1v) is 13.0. The summed E-state index contributed by atoms with van der Waals surface area (Å²) in [6, 6.07) is 25.2. The molecule has 8 heteroatoms. The largest absolute Gasteiger partial charge is 0.497 e. The maximum absolute atomic E-state index is 14.6. The van der Waals surface area contributed by atoms with E-state index in [4.69, 9.17) is 9.47 Å². The fraction of sp³-hybridized carbons (Fsp3) is 0.219. The van der Waals surface area contributed by atoms with E-state index in [2.05, 4.69) is 5.32 Å². The van der Waals surface area contributed by atoms with Crippen LogP contribution in [0.5, 0.6) is 11.5 Å². The first-order chi connectivity index (χ1) is 19.3. The molecule has 8 nitrogen and oxygen atoms in total. The molecule has 1 spiro atoms. The van der Waals surface area contributed by atoms with Gasteiger partial charge in [0.05, 0.1) is 20.3 Å². The molecule has 2 aliphatic heterocycles. The zero-order valence-corrected chi connectivity index (χ0v) is 22.7. The van der Waals surface area contributed by atoms with Crippen LogP contribution in [0.15, 0.2) is 84.9 Å². The minimum Gasteiger partial charge on any atom is -0.497 e. The molecule has 4 aromatic carbocycles. The maximum Gasteiger partial charge on any atom is 0.332 e. The second-order valence-corrected chi connectivity index (χ2v) is 10.2.